The third-order valence-electron chi connectivity index (χ3n) is 3.32. The van der Waals surface area contributed by atoms with Gasteiger partial charge in [0, 0.05) is 10.7 Å². The predicted octanol–water partition coefficient (Wildman–Crippen LogP) is 4.41. The number of nitrogens with one attached hydrogen (secondary N) is 2. The van der Waals surface area contributed by atoms with E-state index in [1.807, 2.05) is 38.1 Å². The van der Waals surface area contributed by atoms with Crippen LogP contribution in [0.2, 0.25) is 5.02 Å². The molecular weight excluding hydrogens is 300 g/mol. The molecule has 2 aromatic carbocycles. The number of rotatable bonds is 4. The molecule has 0 radical (unpaired) electrons. The monoisotopic (exact) mass is 318 g/mol. The zero-order valence-electron chi connectivity index (χ0n) is 12.8. The lowest BCUT2D eigenvalue weighted by molar-refractivity contribution is 0.242. The van der Waals surface area contributed by atoms with Crippen LogP contribution in [0.1, 0.15) is 19.4 Å². The molecule has 0 atom stereocenters. The van der Waals surface area contributed by atoms with Gasteiger partial charge in [0.05, 0.1) is 12.6 Å². The standard InChI is InChI=1S/C17H19ClN2O2/c1-17(2,12-7-9-15(22-3)10-8-12)20-16(21)19-14-6-4-5-13(18)11-14/h4-11H,1-3H3,(H2,19,20,21). The van der Waals surface area contributed by atoms with Gasteiger partial charge in [-0.15, -0.1) is 0 Å². The van der Waals surface area contributed by atoms with Gasteiger partial charge in [-0.2, -0.15) is 0 Å². The van der Waals surface area contributed by atoms with Crippen molar-refractivity contribution in [3.8, 4) is 5.75 Å². The third-order valence-corrected chi connectivity index (χ3v) is 3.56. The molecular formula is C17H19ClN2O2. The van der Waals surface area contributed by atoms with Crippen molar-refractivity contribution in [2.75, 3.05) is 12.4 Å². The fourth-order valence-corrected chi connectivity index (χ4v) is 2.28. The van der Waals surface area contributed by atoms with Crippen molar-refractivity contribution in [3.05, 3.63) is 59.1 Å². The van der Waals surface area contributed by atoms with Crippen molar-refractivity contribution >= 4 is 23.3 Å². The molecule has 0 aliphatic heterocycles. The molecule has 0 aliphatic rings. The number of anilines is 1. The molecule has 0 fully saturated rings. The van der Waals surface area contributed by atoms with E-state index in [1.165, 1.54) is 0 Å². The second-order valence-corrected chi connectivity index (χ2v) is 5.88. The van der Waals surface area contributed by atoms with Crippen molar-refractivity contribution < 1.29 is 9.53 Å². The van der Waals surface area contributed by atoms with Gasteiger partial charge in [-0.3, -0.25) is 0 Å². The van der Waals surface area contributed by atoms with Crippen molar-refractivity contribution in [2.45, 2.75) is 19.4 Å². The molecule has 2 aromatic rings. The zero-order valence-corrected chi connectivity index (χ0v) is 13.6. The summed E-state index contributed by atoms with van der Waals surface area (Å²) in [4.78, 5) is 12.1. The molecule has 4 nitrogen and oxygen atoms in total. The van der Waals surface area contributed by atoms with Crippen LogP contribution in [0, 0.1) is 0 Å². The average Bonchev–Trinajstić information content (AvgIpc) is 2.46. The quantitative estimate of drug-likeness (QED) is 0.877. The lowest BCUT2D eigenvalue weighted by atomic mass is 9.94. The zero-order chi connectivity index (χ0) is 16.2. The van der Waals surface area contributed by atoms with Crippen LogP contribution in [0.4, 0.5) is 10.5 Å². The topological polar surface area (TPSA) is 50.4 Å². The molecule has 2 amide bonds. The van der Waals surface area contributed by atoms with E-state index in [4.69, 9.17) is 16.3 Å². The summed E-state index contributed by atoms with van der Waals surface area (Å²) in [5.74, 6) is 0.780. The first-order chi connectivity index (χ1) is 10.4. The lowest BCUT2D eigenvalue weighted by Crippen LogP contribution is -2.43. The minimum Gasteiger partial charge on any atom is -0.497 e. The Balaban J connectivity index is 2.05. The summed E-state index contributed by atoms with van der Waals surface area (Å²) in [6, 6.07) is 14.3. The number of carbonyl (C=O) groups excluding carboxylic acids is 1. The molecule has 22 heavy (non-hydrogen) atoms. The summed E-state index contributed by atoms with van der Waals surface area (Å²) in [5.41, 5.74) is 1.11. The largest absolute Gasteiger partial charge is 0.497 e. The van der Waals surface area contributed by atoms with Crippen LogP contribution in [-0.4, -0.2) is 13.1 Å². The highest BCUT2D eigenvalue weighted by Crippen LogP contribution is 2.23. The van der Waals surface area contributed by atoms with Crippen molar-refractivity contribution in [1.29, 1.82) is 0 Å². The first kappa shape index (κ1) is 16.2. The Morgan fingerprint density at radius 2 is 1.82 bits per heavy atom. The van der Waals surface area contributed by atoms with Crippen molar-refractivity contribution in [3.63, 3.8) is 0 Å². The Morgan fingerprint density at radius 1 is 1.14 bits per heavy atom. The number of ether oxygens (including phenoxy) is 1. The van der Waals surface area contributed by atoms with E-state index in [-0.39, 0.29) is 6.03 Å². The SMILES string of the molecule is COc1ccc(C(C)(C)NC(=O)Nc2cccc(Cl)c2)cc1. The minimum atomic E-state index is -0.519. The summed E-state index contributed by atoms with van der Waals surface area (Å²) < 4.78 is 5.14. The third kappa shape index (κ3) is 4.15. The molecule has 2 rings (SSSR count). The summed E-state index contributed by atoms with van der Waals surface area (Å²) in [6.07, 6.45) is 0. The predicted molar refractivity (Wildman–Crippen MR) is 89.6 cm³/mol. The second kappa shape index (κ2) is 6.71. The van der Waals surface area contributed by atoms with E-state index < -0.39 is 5.54 Å². The highest BCUT2D eigenvalue weighted by atomic mass is 35.5. The fraction of sp³-hybridized carbons (Fsp3) is 0.235. The Bertz CT molecular complexity index is 654. The molecule has 0 spiro atoms. The van der Waals surface area contributed by atoms with Crippen LogP contribution >= 0.6 is 11.6 Å². The molecule has 0 aromatic heterocycles. The van der Waals surface area contributed by atoms with Crippen LogP contribution in [0.5, 0.6) is 5.75 Å². The Kier molecular flexibility index (Phi) is 4.93. The van der Waals surface area contributed by atoms with E-state index in [1.54, 1.807) is 31.4 Å². The Labute approximate surface area is 135 Å². The molecule has 0 aliphatic carbocycles. The second-order valence-electron chi connectivity index (χ2n) is 5.44. The number of hydrogen-bond donors (Lipinski definition) is 2. The number of halogens is 1. The number of hydrogen-bond acceptors (Lipinski definition) is 2. The molecule has 0 bridgehead atoms. The highest BCUT2D eigenvalue weighted by molar-refractivity contribution is 6.30. The summed E-state index contributed by atoms with van der Waals surface area (Å²) >= 11 is 5.90. The van der Waals surface area contributed by atoms with E-state index in [9.17, 15) is 4.79 Å². The first-order valence-corrected chi connectivity index (χ1v) is 7.28. The summed E-state index contributed by atoms with van der Waals surface area (Å²) in [5, 5.41) is 6.29. The number of methoxy groups -OCH3 is 1. The number of carbonyl (C=O) groups is 1. The molecule has 0 unspecified atom stereocenters. The van der Waals surface area contributed by atoms with Gasteiger partial charge in [-0.1, -0.05) is 29.8 Å². The van der Waals surface area contributed by atoms with Gasteiger partial charge >= 0.3 is 6.03 Å². The van der Waals surface area contributed by atoms with Crippen molar-refractivity contribution in [1.82, 2.24) is 5.32 Å². The molecule has 5 heteroatoms. The Hall–Kier alpha value is -2.20. The van der Waals surface area contributed by atoms with E-state index in [2.05, 4.69) is 10.6 Å². The number of amides is 2. The van der Waals surface area contributed by atoms with Gasteiger partial charge in [0.25, 0.3) is 0 Å². The van der Waals surface area contributed by atoms with Crippen LogP contribution in [0.25, 0.3) is 0 Å². The van der Waals surface area contributed by atoms with E-state index in [0.29, 0.717) is 10.7 Å². The molecule has 2 N–H and O–H groups in total. The average molecular weight is 319 g/mol. The van der Waals surface area contributed by atoms with Gasteiger partial charge in [-0.05, 0) is 49.7 Å². The van der Waals surface area contributed by atoms with Gasteiger partial charge in [0.2, 0.25) is 0 Å². The lowest BCUT2D eigenvalue weighted by Gasteiger charge is -2.27. The smallest absolute Gasteiger partial charge is 0.319 e. The number of urea groups is 1. The van der Waals surface area contributed by atoms with Gasteiger partial charge < -0.3 is 15.4 Å². The van der Waals surface area contributed by atoms with Gasteiger partial charge in [-0.25, -0.2) is 4.79 Å². The van der Waals surface area contributed by atoms with Crippen LogP contribution < -0.4 is 15.4 Å². The normalized spacial score (nSPS) is 10.9. The summed E-state index contributed by atoms with van der Waals surface area (Å²) in [7, 11) is 1.62. The fourth-order valence-electron chi connectivity index (χ4n) is 2.09. The van der Waals surface area contributed by atoms with E-state index >= 15 is 0 Å². The maximum Gasteiger partial charge on any atom is 0.319 e. The Morgan fingerprint density at radius 3 is 2.41 bits per heavy atom. The van der Waals surface area contributed by atoms with Gasteiger partial charge in [0.1, 0.15) is 5.75 Å². The van der Waals surface area contributed by atoms with Crippen LogP contribution in [0.3, 0.4) is 0 Å². The van der Waals surface area contributed by atoms with Gasteiger partial charge in [0.15, 0.2) is 0 Å². The van der Waals surface area contributed by atoms with Crippen molar-refractivity contribution in [2.24, 2.45) is 0 Å². The molecule has 0 saturated carbocycles. The molecule has 0 heterocycles. The summed E-state index contributed by atoms with van der Waals surface area (Å²) in [6.45, 7) is 3.87. The van der Waals surface area contributed by atoms with Crippen LogP contribution in [0.15, 0.2) is 48.5 Å². The maximum atomic E-state index is 12.1. The maximum absolute atomic E-state index is 12.1. The first-order valence-electron chi connectivity index (χ1n) is 6.90. The van der Waals surface area contributed by atoms with E-state index in [0.717, 1.165) is 11.3 Å². The molecule has 116 valence electrons. The number of benzene rings is 2. The molecule has 0 saturated heterocycles. The van der Waals surface area contributed by atoms with Crippen LogP contribution in [-0.2, 0) is 5.54 Å². The highest BCUT2D eigenvalue weighted by Gasteiger charge is 2.22. The minimum absolute atomic E-state index is 0.289.